The quantitative estimate of drug-likeness (QED) is 0.395. The zero-order valence-corrected chi connectivity index (χ0v) is 7.48. The molecule has 5 heteroatoms. The van der Waals surface area contributed by atoms with Crippen molar-refractivity contribution in [2.75, 3.05) is 0 Å². The van der Waals surface area contributed by atoms with Gasteiger partial charge in [-0.15, -0.1) is 0 Å². The predicted octanol–water partition coefficient (Wildman–Crippen LogP) is -1.42. The van der Waals surface area contributed by atoms with Gasteiger partial charge in [-0.1, -0.05) is 23.7 Å². The summed E-state index contributed by atoms with van der Waals surface area (Å²) in [7, 11) is 0. The minimum atomic E-state index is -2.22. The van der Waals surface area contributed by atoms with Crippen molar-refractivity contribution in [2.45, 2.75) is 4.90 Å². The molecule has 0 amide bonds. The van der Waals surface area contributed by atoms with Crippen molar-refractivity contribution in [1.82, 2.24) is 0 Å². The molecule has 0 aliphatic heterocycles. The maximum absolute atomic E-state index is 10.3. The molecule has 0 bridgehead atoms. The molecule has 1 atom stereocenters. The molecule has 0 spiro atoms. The van der Waals surface area contributed by atoms with Crippen molar-refractivity contribution in [3.05, 3.63) is 29.3 Å². The van der Waals surface area contributed by atoms with Crippen LogP contribution in [0, 0.1) is 0 Å². The van der Waals surface area contributed by atoms with Crippen LogP contribution in [-0.4, -0.2) is 8.76 Å². The molecule has 0 aliphatic carbocycles. The fourth-order valence-electron chi connectivity index (χ4n) is 0.580. The van der Waals surface area contributed by atoms with Crippen molar-refractivity contribution in [2.24, 2.45) is 0 Å². The minimum absolute atomic E-state index is 0. The molecule has 0 saturated heterocycles. The molecule has 0 fully saturated rings. The molecule has 1 unspecified atom stereocenters. The van der Waals surface area contributed by atoms with E-state index in [1.807, 2.05) is 0 Å². The second-order valence-electron chi connectivity index (χ2n) is 1.67. The maximum Gasteiger partial charge on any atom is 1.00 e. The van der Waals surface area contributed by atoms with Gasteiger partial charge in [-0.25, -0.2) is 0 Å². The van der Waals surface area contributed by atoms with E-state index in [0.29, 0.717) is 0 Å². The van der Waals surface area contributed by atoms with Gasteiger partial charge in [0.25, 0.3) is 0 Å². The first kappa shape index (κ1) is 11.2. The van der Waals surface area contributed by atoms with Crippen LogP contribution in [0.1, 0.15) is 0 Å². The van der Waals surface area contributed by atoms with Gasteiger partial charge in [-0.2, -0.15) is 0 Å². The second-order valence-corrected chi connectivity index (χ2v) is 2.98. The Hall–Kier alpha value is 0.217. The van der Waals surface area contributed by atoms with Gasteiger partial charge in [0.15, 0.2) is 0 Å². The molecule has 1 rings (SSSR count). The number of hydrogen-bond acceptors (Lipinski definition) is 2. The Labute approximate surface area is 84.4 Å². The summed E-state index contributed by atoms with van der Waals surface area (Å²) < 4.78 is 20.7. The monoisotopic (exact) mass is 182 g/mol. The van der Waals surface area contributed by atoms with Gasteiger partial charge >= 0.3 is 18.9 Å². The Kier molecular flexibility index (Phi) is 5.07. The molecular weight excluding hydrogens is 179 g/mol. The molecule has 0 aromatic heterocycles. The van der Waals surface area contributed by atoms with Crippen LogP contribution < -0.4 is 18.9 Å². The van der Waals surface area contributed by atoms with Crippen LogP contribution in [0.5, 0.6) is 0 Å². The van der Waals surface area contributed by atoms with Crippen LogP contribution in [-0.2, 0) is 11.1 Å². The van der Waals surface area contributed by atoms with E-state index >= 15 is 0 Å². The Morgan fingerprint density at radius 2 is 1.91 bits per heavy atom. The van der Waals surface area contributed by atoms with Gasteiger partial charge in [-0.3, -0.25) is 4.21 Å². The summed E-state index contributed by atoms with van der Waals surface area (Å²) in [5.74, 6) is 0. The van der Waals surface area contributed by atoms with E-state index in [0.717, 1.165) is 0 Å². The zero-order chi connectivity index (χ0) is 7.56. The van der Waals surface area contributed by atoms with Crippen molar-refractivity contribution < 1.29 is 27.6 Å². The third-order valence-electron chi connectivity index (χ3n) is 1.02. The molecule has 0 N–H and O–H groups in total. The van der Waals surface area contributed by atoms with Crippen molar-refractivity contribution in [3.63, 3.8) is 0 Å². The Morgan fingerprint density at radius 1 is 1.36 bits per heavy atom. The zero-order valence-electron chi connectivity index (χ0n) is 5.91. The van der Waals surface area contributed by atoms with Gasteiger partial charge in [0.2, 0.25) is 0 Å². The smallest absolute Gasteiger partial charge is 0.768 e. The molecule has 2 nitrogen and oxygen atoms in total. The van der Waals surface area contributed by atoms with Crippen molar-refractivity contribution >= 4 is 22.7 Å². The number of benzene rings is 1. The standard InChI is InChI=1S/C6H5ClO2S.Li/c7-5-3-1-2-4-6(5)10(8)9;/h1-4H,(H,8,9);/q;+1/p-1. The topological polar surface area (TPSA) is 40.1 Å². The Morgan fingerprint density at radius 3 is 2.27 bits per heavy atom. The molecule has 0 saturated carbocycles. The molecule has 54 valence electrons. The average Bonchev–Trinajstić information content (AvgIpc) is 1.88. The summed E-state index contributed by atoms with van der Waals surface area (Å²) in [6, 6.07) is 6.29. The third-order valence-corrected chi connectivity index (χ3v) is 2.17. The van der Waals surface area contributed by atoms with Crippen LogP contribution in [0.4, 0.5) is 0 Å². The first-order valence-corrected chi connectivity index (χ1v) is 4.01. The first-order chi connectivity index (χ1) is 4.72. The van der Waals surface area contributed by atoms with Gasteiger partial charge in [0.05, 0.1) is 5.02 Å². The van der Waals surface area contributed by atoms with Crippen LogP contribution >= 0.6 is 11.6 Å². The molecule has 0 aliphatic rings. The first-order valence-electron chi connectivity index (χ1n) is 2.55. The average molecular weight is 183 g/mol. The summed E-state index contributed by atoms with van der Waals surface area (Å²) in [5.41, 5.74) is 0. The van der Waals surface area contributed by atoms with E-state index in [1.54, 1.807) is 12.1 Å². The molecule has 1 aromatic carbocycles. The van der Waals surface area contributed by atoms with Gasteiger partial charge in [-0.05, 0) is 23.2 Å². The van der Waals surface area contributed by atoms with Gasteiger partial charge in [0.1, 0.15) is 0 Å². The fourth-order valence-corrected chi connectivity index (χ4v) is 1.32. The molecule has 11 heavy (non-hydrogen) atoms. The van der Waals surface area contributed by atoms with Crippen LogP contribution in [0.25, 0.3) is 0 Å². The summed E-state index contributed by atoms with van der Waals surface area (Å²) in [4.78, 5) is 0.143. The Balaban J connectivity index is 0.000001000. The number of halogens is 1. The van der Waals surface area contributed by atoms with Crippen LogP contribution in [0.15, 0.2) is 29.2 Å². The largest absolute Gasteiger partial charge is 1.00 e. The fraction of sp³-hybridized carbons (Fsp3) is 0. The summed E-state index contributed by atoms with van der Waals surface area (Å²) in [5, 5.41) is 0.260. The van der Waals surface area contributed by atoms with Gasteiger partial charge < -0.3 is 4.55 Å². The van der Waals surface area contributed by atoms with E-state index < -0.39 is 11.1 Å². The number of rotatable bonds is 1. The molecule has 1 aromatic rings. The van der Waals surface area contributed by atoms with Gasteiger partial charge in [0, 0.05) is 4.90 Å². The third kappa shape index (κ3) is 2.98. The van der Waals surface area contributed by atoms with Crippen LogP contribution in [0.2, 0.25) is 5.02 Å². The minimum Gasteiger partial charge on any atom is -0.768 e. The normalized spacial score (nSPS) is 11.8. The summed E-state index contributed by atoms with van der Waals surface area (Å²) in [6.45, 7) is 0. The van der Waals surface area contributed by atoms with E-state index in [-0.39, 0.29) is 28.8 Å². The molecular formula is C6H4ClLiO2S. The predicted molar refractivity (Wildman–Crippen MR) is 38.6 cm³/mol. The van der Waals surface area contributed by atoms with E-state index in [2.05, 4.69) is 0 Å². The van der Waals surface area contributed by atoms with Crippen molar-refractivity contribution in [3.8, 4) is 0 Å². The van der Waals surface area contributed by atoms with Crippen LogP contribution in [0.3, 0.4) is 0 Å². The number of hydrogen-bond donors (Lipinski definition) is 0. The Bertz CT molecular complexity index is 267. The molecule has 0 radical (unpaired) electrons. The van der Waals surface area contributed by atoms with E-state index in [4.69, 9.17) is 11.6 Å². The SMILES string of the molecule is O=S([O-])c1ccccc1Cl.[Li+]. The summed E-state index contributed by atoms with van der Waals surface area (Å²) >= 11 is 3.30. The summed E-state index contributed by atoms with van der Waals surface area (Å²) in [6.07, 6.45) is 0. The van der Waals surface area contributed by atoms with Crippen molar-refractivity contribution in [1.29, 1.82) is 0 Å². The molecule has 0 heterocycles. The second kappa shape index (κ2) is 4.97. The van der Waals surface area contributed by atoms with E-state index in [9.17, 15) is 8.76 Å². The maximum atomic E-state index is 10.3. The van der Waals surface area contributed by atoms with E-state index in [1.165, 1.54) is 12.1 Å².